The Morgan fingerprint density at radius 3 is 2.34 bits per heavy atom. The molecule has 2 aromatic rings. The van der Waals surface area contributed by atoms with E-state index in [1.807, 2.05) is 6.07 Å². The number of nitrogens with one attached hydrogen (secondary N) is 1. The number of carbonyl (C=O) groups excluding carboxylic acids is 2. The highest BCUT2D eigenvalue weighted by molar-refractivity contribution is 6.00. The highest BCUT2D eigenvalue weighted by Gasteiger charge is 2.24. The third-order valence-corrected chi connectivity index (χ3v) is 4.67. The molecule has 2 amide bonds. The van der Waals surface area contributed by atoms with Gasteiger partial charge in [0, 0.05) is 38.1 Å². The highest BCUT2D eigenvalue weighted by Crippen LogP contribution is 2.18. The molecule has 1 aliphatic heterocycles. The van der Waals surface area contributed by atoms with Gasteiger partial charge < -0.3 is 20.9 Å². The zero-order valence-corrected chi connectivity index (χ0v) is 15.6. The molecule has 0 aliphatic carbocycles. The van der Waals surface area contributed by atoms with Gasteiger partial charge in [-0.05, 0) is 36.4 Å². The van der Waals surface area contributed by atoms with Crippen molar-refractivity contribution in [3.05, 3.63) is 71.7 Å². The van der Waals surface area contributed by atoms with Crippen LogP contribution in [0.1, 0.15) is 10.4 Å². The van der Waals surface area contributed by atoms with Crippen molar-refractivity contribution in [2.75, 3.05) is 36.4 Å². The van der Waals surface area contributed by atoms with Crippen molar-refractivity contribution in [2.45, 2.75) is 0 Å². The Morgan fingerprint density at radius 2 is 1.72 bits per heavy atom. The molecule has 2 aromatic carbocycles. The van der Waals surface area contributed by atoms with Crippen molar-refractivity contribution < 1.29 is 14.0 Å². The first-order valence-electron chi connectivity index (χ1n) is 9.05. The molecule has 1 saturated heterocycles. The number of anilines is 2. The molecule has 0 spiro atoms. The van der Waals surface area contributed by atoms with E-state index >= 15 is 0 Å². The van der Waals surface area contributed by atoms with Crippen LogP contribution in [-0.2, 0) is 4.79 Å². The second kappa shape index (κ2) is 8.89. The Labute approximate surface area is 167 Å². The average Bonchev–Trinajstić information content (AvgIpc) is 2.75. The van der Waals surface area contributed by atoms with Gasteiger partial charge in [-0.2, -0.15) is 5.26 Å². The standard InChI is InChI=1S/C21H20FN5O2/c22-16-5-7-17(8-6-16)26-9-11-27(12-10-26)21(29)15(13-23)14-25-19-4-2-1-3-18(19)20(24)28/h1-8,14,25H,9-12H2,(H2,24,28)/b15-14-. The number of nitrogens with two attached hydrogens (primary N) is 1. The molecule has 0 aromatic heterocycles. The molecule has 0 atom stereocenters. The average molecular weight is 393 g/mol. The monoisotopic (exact) mass is 393 g/mol. The van der Waals surface area contributed by atoms with E-state index in [9.17, 15) is 19.2 Å². The number of nitrogens with zero attached hydrogens (tertiary/aromatic N) is 3. The summed E-state index contributed by atoms with van der Waals surface area (Å²) in [5.41, 5.74) is 6.84. The number of carbonyl (C=O) groups is 2. The van der Waals surface area contributed by atoms with Crippen molar-refractivity contribution in [3.63, 3.8) is 0 Å². The van der Waals surface area contributed by atoms with Crippen LogP contribution in [0.4, 0.5) is 15.8 Å². The van der Waals surface area contributed by atoms with Crippen LogP contribution in [0.25, 0.3) is 0 Å². The number of hydrogen-bond donors (Lipinski definition) is 2. The molecule has 0 radical (unpaired) electrons. The number of nitriles is 1. The Morgan fingerprint density at radius 1 is 1.07 bits per heavy atom. The van der Waals surface area contributed by atoms with E-state index in [1.54, 1.807) is 41.3 Å². The molecule has 3 N–H and O–H groups in total. The molecule has 0 unspecified atom stereocenters. The number of amides is 2. The number of piperazine rings is 1. The van der Waals surface area contributed by atoms with E-state index in [1.165, 1.54) is 18.3 Å². The summed E-state index contributed by atoms with van der Waals surface area (Å²) < 4.78 is 13.1. The molecule has 7 nitrogen and oxygen atoms in total. The Kier molecular flexibility index (Phi) is 6.09. The van der Waals surface area contributed by atoms with Gasteiger partial charge in [-0.3, -0.25) is 9.59 Å². The van der Waals surface area contributed by atoms with Crippen molar-refractivity contribution >= 4 is 23.2 Å². The lowest BCUT2D eigenvalue weighted by Crippen LogP contribution is -2.49. The fourth-order valence-electron chi connectivity index (χ4n) is 3.11. The van der Waals surface area contributed by atoms with Gasteiger partial charge in [-0.25, -0.2) is 4.39 Å². The summed E-state index contributed by atoms with van der Waals surface area (Å²) in [6, 6.07) is 14.7. The van der Waals surface area contributed by atoms with E-state index in [0.717, 1.165) is 5.69 Å². The Bertz CT molecular complexity index is 973. The van der Waals surface area contributed by atoms with E-state index in [4.69, 9.17) is 5.73 Å². The molecule has 0 saturated carbocycles. The lowest BCUT2D eigenvalue weighted by atomic mass is 10.1. The van der Waals surface area contributed by atoms with Crippen LogP contribution in [0.2, 0.25) is 0 Å². The topological polar surface area (TPSA) is 102 Å². The van der Waals surface area contributed by atoms with Gasteiger partial charge in [0.05, 0.1) is 11.3 Å². The summed E-state index contributed by atoms with van der Waals surface area (Å²) in [6.07, 6.45) is 1.29. The molecule has 8 heteroatoms. The first-order valence-corrected chi connectivity index (χ1v) is 9.05. The summed E-state index contributed by atoms with van der Waals surface area (Å²) in [5, 5.41) is 12.2. The van der Waals surface area contributed by atoms with Gasteiger partial charge >= 0.3 is 0 Å². The Balaban J connectivity index is 1.65. The smallest absolute Gasteiger partial charge is 0.266 e. The summed E-state index contributed by atoms with van der Waals surface area (Å²) in [6.45, 7) is 2.03. The Hall–Kier alpha value is -3.86. The second-order valence-corrected chi connectivity index (χ2v) is 6.48. The maximum Gasteiger partial charge on any atom is 0.266 e. The van der Waals surface area contributed by atoms with Gasteiger partial charge in [0.2, 0.25) is 0 Å². The predicted molar refractivity (Wildman–Crippen MR) is 107 cm³/mol. The summed E-state index contributed by atoms with van der Waals surface area (Å²) >= 11 is 0. The molecular weight excluding hydrogens is 373 g/mol. The van der Waals surface area contributed by atoms with Gasteiger partial charge in [0.1, 0.15) is 17.5 Å². The van der Waals surface area contributed by atoms with Crippen LogP contribution in [-0.4, -0.2) is 42.9 Å². The minimum atomic E-state index is -0.608. The van der Waals surface area contributed by atoms with Crippen molar-refractivity contribution in [1.29, 1.82) is 5.26 Å². The fraction of sp³-hybridized carbons (Fsp3) is 0.190. The highest BCUT2D eigenvalue weighted by atomic mass is 19.1. The molecule has 29 heavy (non-hydrogen) atoms. The normalized spacial score (nSPS) is 14.3. The van der Waals surface area contributed by atoms with Gasteiger partial charge in [-0.15, -0.1) is 0 Å². The van der Waals surface area contributed by atoms with Crippen molar-refractivity contribution in [2.24, 2.45) is 5.73 Å². The van der Waals surface area contributed by atoms with E-state index in [0.29, 0.717) is 31.9 Å². The number of benzene rings is 2. The SMILES string of the molecule is N#C/C(=C/Nc1ccccc1C(N)=O)C(=O)N1CCN(c2ccc(F)cc2)CC1. The largest absolute Gasteiger partial charge is 0.368 e. The van der Waals surface area contributed by atoms with Gasteiger partial charge in [-0.1, -0.05) is 12.1 Å². The number of primary amides is 1. The lowest BCUT2D eigenvalue weighted by molar-refractivity contribution is -0.127. The van der Waals surface area contributed by atoms with E-state index in [-0.39, 0.29) is 17.0 Å². The van der Waals surface area contributed by atoms with Crippen LogP contribution in [0.3, 0.4) is 0 Å². The first kappa shape index (κ1) is 19.9. The van der Waals surface area contributed by atoms with Crippen LogP contribution in [0.15, 0.2) is 60.3 Å². The molecule has 3 rings (SSSR count). The molecule has 0 bridgehead atoms. The molecule has 1 fully saturated rings. The van der Waals surface area contributed by atoms with Crippen LogP contribution >= 0.6 is 0 Å². The quantitative estimate of drug-likeness (QED) is 0.598. The fourth-order valence-corrected chi connectivity index (χ4v) is 3.11. The zero-order chi connectivity index (χ0) is 20.8. The second-order valence-electron chi connectivity index (χ2n) is 6.48. The summed E-state index contributed by atoms with van der Waals surface area (Å²) in [4.78, 5) is 27.8. The molecule has 1 aliphatic rings. The molecular formula is C21H20FN5O2. The van der Waals surface area contributed by atoms with E-state index in [2.05, 4.69) is 10.2 Å². The third kappa shape index (κ3) is 4.71. The lowest BCUT2D eigenvalue weighted by Gasteiger charge is -2.36. The van der Waals surface area contributed by atoms with E-state index < -0.39 is 11.8 Å². The van der Waals surface area contributed by atoms with Crippen molar-refractivity contribution in [1.82, 2.24) is 4.90 Å². The maximum absolute atomic E-state index is 13.1. The van der Waals surface area contributed by atoms with Gasteiger partial charge in [0.25, 0.3) is 11.8 Å². The minimum Gasteiger partial charge on any atom is -0.368 e. The maximum atomic E-state index is 13.1. The minimum absolute atomic E-state index is 0.0699. The summed E-state index contributed by atoms with van der Waals surface area (Å²) in [5.74, 6) is -1.30. The first-order chi connectivity index (χ1) is 14.0. The van der Waals surface area contributed by atoms with Gasteiger partial charge in [0.15, 0.2) is 0 Å². The number of halogens is 1. The van der Waals surface area contributed by atoms with Crippen LogP contribution < -0.4 is 16.0 Å². The molecule has 148 valence electrons. The van der Waals surface area contributed by atoms with Crippen LogP contribution in [0.5, 0.6) is 0 Å². The molecule has 1 heterocycles. The summed E-state index contributed by atoms with van der Waals surface area (Å²) in [7, 11) is 0. The van der Waals surface area contributed by atoms with Crippen LogP contribution in [0, 0.1) is 17.1 Å². The number of hydrogen-bond acceptors (Lipinski definition) is 5. The third-order valence-electron chi connectivity index (χ3n) is 4.67. The van der Waals surface area contributed by atoms with Crippen molar-refractivity contribution in [3.8, 4) is 6.07 Å². The predicted octanol–water partition coefficient (Wildman–Crippen LogP) is 2.09. The number of rotatable bonds is 5. The number of para-hydroxylation sites is 1. The zero-order valence-electron chi connectivity index (χ0n) is 15.6.